The molecule has 1 aromatic rings. The van der Waals surface area contributed by atoms with Crippen LogP contribution in [0.1, 0.15) is 73.4 Å². The molecule has 0 saturated heterocycles. The van der Waals surface area contributed by atoms with Gasteiger partial charge in [-0.15, -0.1) is 11.3 Å². The summed E-state index contributed by atoms with van der Waals surface area (Å²) in [6.45, 7) is 0. The highest BCUT2D eigenvalue weighted by molar-refractivity contribution is 7.12. The Morgan fingerprint density at radius 1 is 1.00 bits per heavy atom. The molecule has 0 amide bonds. The Morgan fingerprint density at radius 2 is 1.79 bits per heavy atom. The zero-order chi connectivity index (χ0) is 12.7. The SMILES string of the molecule is C1CCCC(NC2CC2)(c2nc3c(s2)CCC3)CC1. The summed E-state index contributed by atoms with van der Waals surface area (Å²) in [5.74, 6) is 0. The molecular formula is C16H24N2S. The number of nitrogens with zero attached hydrogens (tertiary/aromatic N) is 1. The third-order valence-electron chi connectivity index (χ3n) is 5.02. The van der Waals surface area contributed by atoms with E-state index < -0.39 is 0 Å². The second-order valence-corrected chi connectivity index (χ2v) is 7.74. The van der Waals surface area contributed by atoms with E-state index in [1.54, 1.807) is 4.88 Å². The average molecular weight is 276 g/mol. The van der Waals surface area contributed by atoms with Gasteiger partial charge in [-0.1, -0.05) is 25.7 Å². The number of thiazole rings is 1. The fraction of sp³-hybridized carbons (Fsp3) is 0.812. The van der Waals surface area contributed by atoms with E-state index in [1.807, 2.05) is 11.3 Å². The molecule has 1 N–H and O–H groups in total. The zero-order valence-electron chi connectivity index (χ0n) is 11.7. The predicted molar refractivity (Wildman–Crippen MR) is 79.7 cm³/mol. The highest BCUT2D eigenvalue weighted by atomic mass is 32.1. The van der Waals surface area contributed by atoms with Gasteiger partial charge in [-0.2, -0.15) is 0 Å². The second kappa shape index (κ2) is 4.85. The van der Waals surface area contributed by atoms with Crippen LogP contribution in [0.2, 0.25) is 0 Å². The molecule has 0 spiro atoms. The van der Waals surface area contributed by atoms with Crippen molar-refractivity contribution in [3.05, 3.63) is 15.6 Å². The fourth-order valence-corrected chi connectivity index (χ4v) is 5.13. The predicted octanol–water partition coefficient (Wildman–Crippen LogP) is 3.93. The van der Waals surface area contributed by atoms with Crippen molar-refractivity contribution < 1.29 is 0 Å². The number of hydrogen-bond acceptors (Lipinski definition) is 3. The van der Waals surface area contributed by atoms with E-state index in [9.17, 15) is 0 Å². The van der Waals surface area contributed by atoms with E-state index >= 15 is 0 Å². The fourth-order valence-electron chi connectivity index (χ4n) is 3.77. The Labute approximate surface area is 120 Å². The molecule has 4 rings (SSSR count). The molecule has 1 heterocycles. The first-order chi connectivity index (χ1) is 9.36. The van der Waals surface area contributed by atoms with Gasteiger partial charge in [0.15, 0.2) is 0 Å². The van der Waals surface area contributed by atoms with Gasteiger partial charge in [0.05, 0.1) is 11.2 Å². The summed E-state index contributed by atoms with van der Waals surface area (Å²) in [4.78, 5) is 6.66. The Balaban J connectivity index is 1.66. The van der Waals surface area contributed by atoms with Gasteiger partial charge < -0.3 is 5.32 Å². The number of rotatable bonds is 3. The average Bonchev–Trinajstić information content (AvgIpc) is 3.02. The standard InChI is InChI=1S/C16H24N2S/c1-2-4-11-16(10-3-1,18-12-8-9-12)15-17-13-6-5-7-14(13)19-15/h12,18H,1-11H2. The molecule has 3 aliphatic rings. The van der Waals surface area contributed by atoms with Crippen LogP contribution in [0, 0.1) is 0 Å². The maximum Gasteiger partial charge on any atom is 0.113 e. The molecule has 104 valence electrons. The minimum atomic E-state index is 0.243. The van der Waals surface area contributed by atoms with Crippen LogP contribution >= 0.6 is 11.3 Å². The van der Waals surface area contributed by atoms with E-state index in [-0.39, 0.29) is 5.54 Å². The van der Waals surface area contributed by atoms with Crippen LogP contribution in [0.15, 0.2) is 0 Å². The molecule has 0 aromatic carbocycles. The first-order valence-corrected chi connectivity index (χ1v) is 8.94. The van der Waals surface area contributed by atoms with Gasteiger partial charge in [0, 0.05) is 10.9 Å². The van der Waals surface area contributed by atoms with Crippen molar-refractivity contribution in [2.45, 2.75) is 82.2 Å². The summed E-state index contributed by atoms with van der Waals surface area (Å²) in [5, 5.41) is 5.44. The van der Waals surface area contributed by atoms with Crippen LogP contribution in [0.3, 0.4) is 0 Å². The van der Waals surface area contributed by atoms with Crippen LogP contribution in [0.25, 0.3) is 0 Å². The van der Waals surface area contributed by atoms with Crippen LogP contribution in [-0.2, 0) is 18.4 Å². The molecular weight excluding hydrogens is 252 g/mol. The monoisotopic (exact) mass is 276 g/mol. The van der Waals surface area contributed by atoms with E-state index in [0.717, 1.165) is 6.04 Å². The Hall–Kier alpha value is -0.410. The van der Waals surface area contributed by atoms with Gasteiger partial charge in [0.2, 0.25) is 0 Å². The summed E-state index contributed by atoms with van der Waals surface area (Å²) < 4.78 is 0. The lowest BCUT2D eigenvalue weighted by atomic mass is 9.90. The molecule has 0 aliphatic heterocycles. The van der Waals surface area contributed by atoms with Crippen LogP contribution in [0.5, 0.6) is 0 Å². The lowest BCUT2D eigenvalue weighted by Crippen LogP contribution is -2.43. The van der Waals surface area contributed by atoms with E-state index in [1.165, 1.54) is 81.3 Å². The minimum Gasteiger partial charge on any atom is -0.303 e. The van der Waals surface area contributed by atoms with Crippen molar-refractivity contribution in [2.24, 2.45) is 0 Å². The van der Waals surface area contributed by atoms with E-state index in [2.05, 4.69) is 5.32 Å². The highest BCUT2D eigenvalue weighted by Crippen LogP contribution is 2.42. The normalized spacial score (nSPS) is 26.1. The van der Waals surface area contributed by atoms with Crippen molar-refractivity contribution >= 4 is 11.3 Å². The summed E-state index contributed by atoms with van der Waals surface area (Å²) in [5.41, 5.74) is 1.67. The third-order valence-corrected chi connectivity index (χ3v) is 6.38. The van der Waals surface area contributed by atoms with E-state index in [4.69, 9.17) is 4.98 Å². The van der Waals surface area contributed by atoms with Crippen LogP contribution < -0.4 is 5.32 Å². The first kappa shape index (κ1) is 12.3. The number of hydrogen-bond donors (Lipinski definition) is 1. The molecule has 0 radical (unpaired) electrons. The Morgan fingerprint density at radius 3 is 2.47 bits per heavy atom. The van der Waals surface area contributed by atoms with Gasteiger partial charge >= 0.3 is 0 Å². The lowest BCUT2D eigenvalue weighted by molar-refractivity contribution is 0.285. The van der Waals surface area contributed by atoms with Gasteiger partial charge in [0.25, 0.3) is 0 Å². The minimum absolute atomic E-state index is 0.243. The van der Waals surface area contributed by atoms with E-state index in [0.29, 0.717) is 0 Å². The van der Waals surface area contributed by atoms with Crippen molar-refractivity contribution in [1.29, 1.82) is 0 Å². The molecule has 3 heteroatoms. The molecule has 1 aromatic heterocycles. The topological polar surface area (TPSA) is 24.9 Å². The smallest absolute Gasteiger partial charge is 0.113 e. The lowest BCUT2D eigenvalue weighted by Gasteiger charge is -2.32. The molecule has 0 unspecified atom stereocenters. The Kier molecular flexibility index (Phi) is 3.15. The number of nitrogens with one attached hydrogen (secondary N) is 1. The van der Waals surface area contributed by atoms with Crippen molar-refractivity contribution in [3.63, 3.8) is 0 Å². The largest absolute Gasteiger partial charge is 0.303 e. The highest BCUT2D eigenvalue weighted by Gasteiger charge is 2.40. The van der Waals surface area contributed by atoms with Crippen LogP contribution in [-0.4, -0.2) is 11.0 Å². The van der Waals surface area contributed by atoms with Crippen LogP contribution in [0.4, 0.5) is 0 Å². The van der Waals surface area contributed by atoms with Gasteiger partial charge in [-0.25, -0.2) is 4.98 Å². The second-order valence-electron chi connectivity index (χ2n) is 6.66. The number of aryl methyl sites for hydroxylation is 2. The number of fused-ring (bicyclic) bond motifs is 1. The quantitative estimate of drug-likeness (QED) is 0.846. The molecule has 19 heavy (non-hydrogen) atoms. The van der Waals surface area contributed by atoms with Crippen molar-refractivity contribution in [2.75, 3.05) is 0 Å². The maximum absolute atomic E-state index is 5.07. The molecule has 3 aliphatic carbocycles. The van der Waals surface area contributed by atoms with Gasteiger partial charge in [-0.05, 0) is 44.9 Å². The van der Waals surface area contributed by atoms with Gasteiger partial charge in [-0.3, -0.25) is 0 Å². The Bertz CT molecular complexity index is 432. The third kappa shape index (κ3) is 2.36. The number of aromatic nitrogens is 1. The first-order valence-electron chi connectivity index (χ1n) is 8.12. The molecule has 0 atom stereocenters. The summed E-state index contributed by atoms with van der Waals surface area (Å²) in [6, 6.07) is 0.789. The van der Waals surface area contributed by atoms with Crippen molar-refractivity contribution in [1.82, 2.24) is 10.3 Å². The molecule has 0 bridgehead atoms. The zero-order valence-corrected chi connectivity index (χ0v) is 12.5. The van der Waals surface area contributed by atoms with Gasteiger partial charge in [0.1, 0.15) is 5.01 Å². The maximum atomic E-state index is 5.07. The molecule has 2 saturated carbocycles. The summed E-state index contributed by atoms with van der Waals surface area (Å²) in [6.07, 6.45) is 14.8. The summed E-state index contributed by atoms with van der Waals surface area (Å²) in [7, 11) is 0. The molecule has 2 nitrogen and oxygen atoms in total. The summed E-state index contributed by atoms with van der Waals surface area (Å²) >= 11 is 2.03. The molecule has 2 fully saturated rings. The van der Waals surface area contributed by atoms with Crippen molar-refractivity contribution in [3.8, 4) is 0 Å².